The maximum absolute atomic E-state index is 12.5. The van der Waals surface area contributed by atoms with Crippen LogP contribution in [0.1, 0.15) is 46.5 Å². The first kappa shape index (κ1) is 23.1. The van der Waals surface area contributed by atoms with Gasteiger partial charge in [0.05, 0.1) is 12.7 Å². The van der Waals surface area contributed by atoms with Crippen LogP contribution in [-0.2, 0) is 19.1 Å². The van der Waals surface area contributed by atoms with Gasteiger partial charge in [0, 0.05) is 32.7 Å². The zero-order valence-electron chi connectivity index (χ0n) is 18.0. The minimum absolute atomic E-state index is 0.0277. The number of methoxy groups -OCH3 is 2. The summed E-state index contributed by atoms with van der Waals surface area (Å²) in [6.07, 6.45) is 3.17. The summed E-state index contributed by atoms with van der Waals surface area (Å²) in [6.45, 7) is 7.29. The highest BCUT2D eigenvalue weighted by molar-refractivity contribution is 5.78. The van der Waals surface area contributed by atoms with Crippen LogP contribution in [-0.4, -0.2) is 63.0 Å². The van der Waals surface area contributed by atoms with Crippen molar-refractivity contribution < 1.29 is 24.2 Å². The number of fused-ring (bicyclic) bond motifs is 1. The van der Waals surface area contributed by atoms with Crippen molar-refractivity contribution in [1.82, 2.24) is 10.6 Å². The van der Waals surface area contributed by atoms with E-state index in [9.17, 15) is 14.7 Å². The predicted molar refractivity (Wildman–Crippen MR) is 107 cm³/mol. The Bertz CT molecular complexity index is 543. The molecule has 28 heavy (non-hydrogen) atoms. The number of nitrogens with one attached hydrogen (secondary N) is 2. The first-order valence-electron chi connectivity index (χ1n) is 10.5. The van der Waals surface area contributed by atoms with Gasteiger partial charge in [-0.25, -0.2) is 0 Å². The minimum atomic E-state index is -0.556. The number of hydrogen-bond acceptors (Lipinski definition) is 5. The summed E-state index contributed by atoms with van der Waals surface area (Å²) in [5, 5.41) is 17.3. The number of aliphatic hydroxyl groups is 1. The molecule has 0 aliphatic heterocycles. The third-order valence-electron chi connectivity index (χ3n) is 7.17. The molecule has 7 nitrogen and oxygen atoms in total. The van der Waals surface area contributed by atoms with E-state index in [4.69, 9.17) is 9.47 Å². The molecule has 7 heteroatoms. The van der Waals surface area contributed by atoms with E-state index in [2.05, 4.69) is 24.5 Å². The highest BCUT2D eigenvalue weighted by Gasteiger charge is 2.53. The van der Waals surface area contributed by atoms with Crippen LogP contribution < -0.4 is 10.6 Å². The van der Waals surface area contributed by atoms with Gasteiger partial charge in [-0.1, -0.05) is 20.8 Å². The molecular formula is C21H38N2O5. The summed E-state index contributed by atoms with van der Waals surface area (Å²) in [5.41, 5.74) is 0.0457. The van der Waals surface area contributed by atoms with Crippen LogP contribution in [0.2, 0.25) is 0 Å². The van der Waals surface area contributed by atoms with Gasteiger partial charge >= 0.3 is 0 Å². The second-order valence-corrected chi connectivity index (χ2v) is 8.95. The zero-order valence-corrected chi connectivity index (χ0v) is 18.0. The molecular weight excluding hydrogens is 360 g/mol. The molecule has 2 rings (SSSR count). The lowest BCUT2D eigenvalue weighted by Gasteiger charge is -2.56. The Morgan fingerprint density at radius 3 is 2.54 bits per heavy atom. The van der Waals surface area contributed by atoms with Crippen LogP contribution >= 0.6 is 0 Å². The molecule has 2 fully saturated rings. The largest absolute Gasteiger partial charge is 0.392 e. The summed E-state index contributed by atoms with van der Waals surface area (Å²) in [7, 11) is 3.11. The number of carbonyl (C=O) groups is 2. The van der Waals surface area contributed by atoms with E-state index in [1.165, 1.54) is 7.11 Å². The van der Waals surface area contributed by atoms with Gasteiger partial charge in [0.2, 0.25) is 11.8 Å². The zero-order chi connectivity index (χ0) is 20.9. The van der Waals surface area contributed by atoms with Crippen LogP contribution in [0.15, 0.2) is 0 Å². The van der Waals surface area contributed by atoms with Crippen LogP contribution in [0.25, 0.3) is 0 Å². The van der Waals surface area contributed by atoms with Crippen molar-refractivity contribution in [3.05, 3.63) is 0 Å². The fourth-order valence-corrected chi connectivity index (χ4v) is 5.51. The minimum Gasteiger partial charge on any atom is -0.392 e. The summed E-state index contributed by atoms with van der Waals surface area (Å²) in [5.74, 6) is -0.277. The summed E-state index contributed by atoms with van der Waals surface area (Å²) in [4.78, 5) is 24.5. The van der Waals surface area contributed by atoms with Crippen molar-refractivity contribution in [3.63, 3.8) is 0 Å². The Labute approximate surface area is 168 Å². The average molecular weight is 399 g/mol. The Morgan fingerprint density at radius 1 is 1.21 bits per heavy atom. The molecule has 0 aromatic heterocycles. The molecule has 0 aromatic rings. The lowest BCUT2D eigenvalue weighted by atomic mass is 9.51. The van der Waals surface area contributed by atoms with Crippen LogP contribution in [0, 0.1) is 29.1 Å². The van der Waals surface area contributed by atoms with E-state index < -0.39 is 6.10 Å². The van der Waals surface area contributed by atoms with Gasteiger partial charge in [-0.15, -0.1) is 0 Å². The van der Waals surface area contributed by atoms with E-state index in [1.807, 2.05) is 6.92 Å². The van der Waals surface area contributed by atoms with Crippen molar-refractivity contribution in [2.45, 2.75) is 58.6 Å². The topological polar surface area (TPSA) is 96.9 Å². The number of amides is 2. The molecule has 2 amide bonds. The molecule has 0 saturated heterocycles. The molecule has 0 spiro atoms. The van der Waals surface area contributed by atoms with E-state index >= 15 is 0 Å². The van der Waals surface area contributed by atoms with Gasteiger partial charge in [-0.2, -0.15) is 0 Å². The molecule has 7 atom stereocenters. The van der Waals surface area contributed by atoms with Crippen LogP contribution in [0.5, 0.6) is 0 Å². The van der Waals surface area contributed by atoms with Gasteiger partial charge in [-0.05, 0) is 48.9 Å². The molecule has 0 radical (unpaired) electrons. The number of hydrogen-bond donors (Lipinski definition) is 3. The quantitative estimate of drug-likeness (QED) is 0.536. The van der Waals surface area contributed by atoms with Gasteiger partial charge in [-0.3, -0.25) is 9.59 Å². The Hall–Kier alpha value is -1.18. The van der Waals surface area contributed by atoms with Crippen molar-refractivity contribution in [1.29, 1.82) is 0 Å². The number of aliphatic hydroxyl groups excluding tert-OH is 1. The average Bonchev–Trinajstić information content (AvgIpc) is 2.64. The normalized spacial score (nSPS) is 36.3. The molecule has 0 heterocycles. The lowest BCUT2D eigenvalue weighted by Crippen LogP contribution is -2.58. The fourth-order valence-electron chi connectivity index (χ4n) is 5.51. The highest BCUT2D eigenvalue weighted by atomic mass is 16.5. The maximum Gasteiger partial charge on any atom is 0.246 e. The molecule has 2 aliphatic carbocycles. The van der Waals surface area contributed by atoms with Crippen LogP contribution in [0.4, 0.5) is 0 Å². The molecule has 162 valence electrons. The molecule has 2 saturated carbocycles. The molecule has 2 aliphatic rings. The van der Waals surface area contributed by atoms with Crippen molar-refractivity contribution in [2.75, 3.05) is 34.0 Å². The molecule has 3 N–H and O–H groups in total. The number of carbonyl (C=O) groups excluding carboxylic acids is 2. The summed E-state index contributed by atoms with van der Waals surface area (Å²) < 4.78 is 9.92. The first-order valence-corrected chi connectivity index (χ1v) is 10.5. The van der Waals surface area contributed by atoms with Gasteiger partial charge in [0.25, 0.3) is 0 Å². The lowest BCUT2D eigenvalue weighted by molar-refractivity contribution is -0.144. The Morgan fingerprint density at radius 2 is 1.89 bits per heavy atom. The third-order valence-corrected chi connectivity index (χ3v) is 7.17. The SMILES string of the molecule is COCCNC(=O)[C@@H](C)[C@H]1CC[C@@]2(C)CC[C@H](NC(=O)COC)[C@@H](C)[C@@H]2[C@H]1O. The van der Waals surface area contributed by atoms with Gasteiger partial charge < -0.3 is 25.2 Å². The number of rotatable bonds is 8. The Balaban J connectivity index is 2.08. The monoisotopic (exact) mass is 398 g/mol. The molecule has 0 aromatic carbocycles. The van der Waals surface area contributed by atoms with Crippen molar-refractivity contribution in [2.24, 2.45) is 29.1 Å². The van der Waals surface area contributed by atoms with Crippen molar-refractivity contribution in [3.8, 4) is 0 Å². The van der Waals surface area contributed by atoms with E-state index in [1.54, 1.807) is 7.11 Å². The summed E-state index contributed by atoms with van der Waals surface area (Å²) in [6, 6.07) is 0.0277. The smallest absolute Gasteiger partial charge is 0.246 e. The standard InChI is InChI=1S/C21H38N2O5/c1-13(20(26)22-10-11-27-4)15-6-8-21(3)9-7-16(23-17(24)12-28-5)14(2)18(21)19(15)25/h13-16,18-19,25H,6-12H2,1-5H3,(H,22,26)(H,23,24)/t13-,14+,15+,16-,18+,19-,21-/m0/s1. The highest BCUT2D eigenvalue weighted by Crippen LogP contribution is 2.55. The van der Waals surface area contributed by atoms with Crippen molar-refractivity contribution >= 4 is 11.8 Å². The third kappa shape index (κ3) is 5.05. The second kappa shape index (κ2) is 10.0. The fraction of sp³-hybridized carbons (Fsp3) is 0.905. The number of ether oxygens (including phenoxy) is 2. The van der Waals surface area contributed by atoms with Gasteiger partial charge in [0.1, 0.15) is 6.61 Å². The Kier molecular flexibility index (Phi) is 8.28. The molecule has 0 unspecified atom stereocenters. The first-order chi connectivity index (χ1) is 13.2. The predicted octanol–water partition coefficient (Wildman–Crippen LogP) is 1.34. The summed E-state index contributed by atoms with van der Waals surface area (Å²) >= 11 is 0. The van der Waals surface area contributed by atoms with E-state index in [0.717, 1.165) is 25.7 Å². The van der Waals surface area contributed by atoms with Gasteiger partial charge in [0.15, 0.2) is 0 Å². The van der Waals surface area contributed by atoms with Crippen LogP contribution in [0.3, 0.4) is 0 Å². The second-order valence-electron chi connectivity index (χ2n) is 8.95. The maximum atomic E-state index is 12.5. The van der Waals surface area contributed by atoms with E-state index in [-0.39, 0.29) is 53.5 Å². The van der Waals surface area contributed by atoms with E-state index in [0.29, 0.717) is 13.2 Å². The molecule has 0 bridgehead atoms.